The smallest absolute Gasteiger partial charge is 0.244 e. The molecule has 0 fully saturated rings. The van der Waals surface area contributed by atoms with Gasteiger partial charge in [0, 0.05) is 31.5 Å². The molecule has 2 unspecified atom stereocenters. The Hall–Kier alpha value is -1.29. The second-order valence-electron chi connectivity index (χ2n) is 5.47. The number of likely N-dealkylation sites (N-methyl/N-ethyl adjacent to an activating group) is 1. The number of carbonyl (C=O) groups excluding carboxylic acids is 1. The number of nitrogens with zero attached hydrogens (tertiary/aromatic N) is 2. The van der Waals surface area contributed by atoms with Crippen LogP contribution in [0.4, 0.5) is 0 Å². The van der Waals surface area contributed by atoms with Crippen molar-refractivity contribution in [2.75, 3.05) is 14.1 Å². The molecule has 0 aromatic carbocycles. The fraction of sp³-hybridized carbons (Fsp3) is 0.643. The minimum atomic E-state index is -0.144. The molecule has 1 amide bonds. The molecule has 0 bridgehead atoms. The lowest BCUT2D eigenvalue weighted by Crippen LogP contribution is -2.31. The number of hydrogen-bond donors (Lipinski definition) is 1. The maximum atomic E-state index is 12.1. The quantitative estimate of drug-likeness (QED) is 0.868. The Balaban J connectivity index is 2.42. The number of aromatic nitrogens is 1. The van der Waals surface area contributed by atoms with Gasteiger partial charge in [-0.25, -0.2) is 0 Å². The summed E-state index contributed by atoms with van der Waals surface area (Å²) < 4.78 is 2.16. The number of fused-ring (bicyclic) bond motifs is 1. The summed E-state index contributed by atoms with van der Waals surface area (Å²) in [5.41, 5.74) is 9.79. The lowest BCUT2D eigenvalue weighted by molar-refractivity contribution is -0.131. The summed E-state index contributed by atoms with van der Waals surface area (Å²) in [6.45, 7) is 4.03. The average Bonchev–Trinajstić information content (AvgIpc) is 2.65. The Kier molecular flexibility index (Phi) is 3.48. The maximum Gasteiger partial charge on any atom is 0.244 e. The number of hydrogen-bond acceptors (Lipinski definition) is 2. The first-order valence-electron chi connectivity index (χ1n) is 6.60. The lowest BCUT2D eigenvalue weighted by Gasteiger charge is -2.25. The standard InChI is InChI=1S/C14H23N3O/c1-9-8-11-12(15)6-5-7-13(11)17(9)10(2)14(18)16(3)4/h8,10,12H,5-7,15H2,1-4H3. The van der Waals surface area contributed by atoms with Crippen molar-refractivity contribution in [1.82, 2.24) is 9.47 Å². The van der Waals surface area contributed by atoms with Gasteiger partial charge in [0.15, 0.2) is 0 Å². The van der Waals surface area contributed by atoms with Crippen LogP contribution in [0.1, 0.15) is 48.8 Å². The highest BCUT2D eigenvalue weighted by molar-refractivity contribution is 5.79. The first kappa shape index (κ1) is 13.1. The van der Waals surface area contributed by atoms with E-state index >= 15 is 0 Å². The van der Waals surface area contributed by atoms with Crippen LogP contribution in [-0.2, 0) is 11.2 Å². The summed E-state index contributed by atoms with van der Waals surface area (Å²) in [6.07, 6.45) is 3.19. The number of nitrogens with two attached hydrogens (primary N) is 1. The van der Waals surface area contributed by atoms with Crippen LogP contribution in [0.15, 0.2) is 6.07 Å². The van der Waals surface area contributed by atoms with Crippen molar-refractivity contribution in [2.24, 2.45) is 5.73 Å². The van der Waals surface area contributed by atoms with Gasteiger partial charge in [-0.15, -0.1) is 0 Å². The van der Waals surface area contributed by atoms with Crippen LogP contribution in [0.5, 0.6) is 0 Å². The Morgan fingerprint density at radius 1 is 1.56 bits per heavy atom. The second kappa shape index (κ2) is 4.76. The lowest BCUT2D eigenvalue weighted by atomic mass is 9.93. The Bertz CT molecular complexity index is 462. The summed E-state index contributed by atoms with van der Waals surface area (Å²) in [4.78, 5) is 13.8. The predicted molar refractivity (Wildman–Crippen MR) is 72.4 cm³/mol. The highest BCUT2D eigenvalue weighted by Gasteiger charge is 2.27. The van der Waals surface area contributed by atoms with Gasteiger partial charge >= 0.3 is 0 Å². The average molecular weight is 249 g/mol. The molecule has 2 N–H and O–H groups in total. The van der Waals surface area contributed by atoms with E-state index in [1.807, 2.05) is 6.92 Å². The molecule has 2 atom stereocenters. The van der Waals surface area contributed by atoms with Gasteiger partial charge in [0.05, 0.1) is 0 Å². The zero-order valence-electron chi connectivity index (χ0n) is 11.7. The van der Waals surface area contributed by atoms with Crippen molar-refractivity contribution in [2.45, 2.75) is 45.2 Å². The fourth-order valence-electron chi connectivity index (χ4n) is 2.98. The topological polar surface area (TPSA) is 51.3 Å². The second-order valence-corrected chi connectivity index (χ2v) is 5.47. The van der Waals surface area contributed by atoms with Crippen LogP contribution >= 0.6 is 0 Å². The third-order valence-corrected chi connectivity index (χ3v) is 3.88. The van der Waals surface area contributed by atoms with E-state index in [-0.39, 0.29) is 18.0 Å². The molecular formula is C14H23N3O. The Labute approximate surface area is 109 Å². The van der Waals surface area contributed by atoms with E-state index in [1.54, 1.807) is 19.0 Å². The van der Waals surface area contributed by atoms with Crippen molar-refractivity contribution in [1.29, 1.82) is 0 Å². The summed E-state index contributed by atoms with van der Waals surface area (Å²) in [6, 6.07) is 2.14. The predicted octanol–water partition coefficient (Wildman–Crippen LogP) is 1.78. The molecule has 2 rings (SSSR count). The van der Waals surface area contributed by atoms with Crippen LogP contribution in [-0.4, -0.2) is 29.5 Å². The molecule has 100 valence electrons. The van der Waals surface area contributed by atoms with E-state index in [2.05, 4.69) is 17.6 Å². The molecule has 4 heteroatoms. The molecule has 0 saturated carbocycles. The van der Waals surface area contributed by atoms with E-state index in [9.17, 15) is 4.79 Å². The zero-order chi connectivity index (χ0) is 13.4. The number of rotatable bonds is 2. The van der Waals surface area contributed by atoms with Crippen molar-refractivity contribution >= 4 is 5.91 Å². The molecule has 18 heavy (non-hydrogen) atoms. The van der Waals surface area contributed by atoms with E-state index in [1.165, 1.54) is 11.3 Å². The van der Waals surface area contributed by atoms with Crippen LogP contribution in [0.25, 0.3) is 0 Å². The third-order valence-electron chi connectivity index (χ3n) is 3.88. The molecule has 0 aliphatic heterocycles. The molecule has 0 spiro atoms. The van der Waals surface area contributed by atoms with Crippen molar-refractivity contribution < 1.29 is 4.79 Å². The van der Waals surface area contributed by atoms with Gasteiger partial charge in [0.25, 0.3) is 0 Å². The summed E-state index contributed by atoms with van der Waals surface area (Å²) >= 11 is 0. The minimum Gasteiger partial charge on any atom is -0.347 e. The van der Waals surface area contributed by atoms with Crippen LogP contribution < -0.4 is 5.73 Å². The van der Waals surface area contributed by atoms with Gasteiger partial charge in [-0.1, -0.05) is 0 Å². The van der Waals surface area contributed by atoms with Gasteiger partial charge < -0.3 is 15.2 Å². The Morgan fingerprint density at radius 2 is 2.22 bits per heavy atom. The molecule has 1 aliphatic carbocycles. The van der Waals surface area contributed by atoms with E-state index in [0.717, 1.165) is 25.0 Å². The highest BCUT2D eigenvalue weighted by atomic mass is 16.2. The van der Waals surface area contributed by atoms with Crippen molar-refractivity contribution in [3.8, 4) is 0 Å². The maximum absolute atomic E-state index is 12.1. The molecular weight excluding hydrogens is 226 g/mol. The molecule has 1 aromatic heterocycles. The first-order chi connectivity index (χ1) is 8.43. The molecule has 4 nitrogen and oxygen atoms in total. The molecule has 1 aliphatic rings. The van der Waals surface area contributed by atoms with E-state index in [4.69, 9.17) is 5.73 Å². The van der Waals surface area contributed by atoms with Crippen LogP contribution in [0.3, 0.4) is 0 Å². The van der Waals surface area contributed by atoms with Gasteiger partial charge in [-0.2, -0.15) is 0 Å². The minimum absolute atomic E-state index is 0.135. The molecule has 0 saturated heterocycles. The van der Waals surface area contributed by atoms with Crippen molar-refractivity contribution in [3.63, 3.8) is 0 Å². The number of amides is 1. The molecule has 0 radical (unpaired) electrons. The molecule has 1 aromatic rings. The number of carbonyl (C=O) groups is 1. The summed E-state index contributed by atoms with van der Waals surface area (Å²) in [5.74, 6) is 0.135. The van der Waals surface area contributed by atoms with Crippen LogP contribution in [0, 0.1) is 6.92 Å². The fourth-order valence-corrected chi connectivity index (χ4v) is 2.98. The van der Waals surface area contributed by atoms with E-state index < -0.39 is 0 Å². The van der Waals surface area contributed by atoms with Gasteiger partial charge in [0.2, 0.25) is 5.91 Å². The molecule has 1 heterocycles. The highest BCUT2D eigenvalue weighted by Crippen LogP contribution is 2.32. The Morgan fingerprint density at radius 3 is 2.83 bits per heavy atom. The van der Waals surface area contributed by atoms with Gasteiger partial charge in [-0.3, -0.25) is 4.79 Å². The normalized spacial score (nSPS) is 20.4. The van der Waals surface area contributed by atoms with Gasteiger partial charge in [-0.05, 0) is 44.7 Å². The van der Waals surface area contributed by atoms with Crippen molar-refractivity contribution in [3.05, 3.63) is 23.0 Å². The SMILES string of the molecule is Cc1cc2c(n1C(C)C(=O)N(C)C)CCCC2N. The van der Waals surface area contributed by atoms with Crippen LogP contribution in [0.2, 0.25) is 0 Å². The monoisotopic (exact) mass is 249 g/mol. The summed E-state index contributed by atoms with van der Waals surface area (Å²) in [5, 5.41) is 0. The summed E-state index contributed by atoms with van der Waals surface area (Å²) in [7, 11) is 3.60. The van der Waals surface area contributed by atoms with Gasteiger partial charge in [0.1, 0.15) is 6.04 Å². The van der Waals surface area contributed by atoms with E-state index in [0.29, 0.717) is 0 Å². The third kappa shape index (κ3) is 2.05. The zero-order valence-corrected chi connectivity index (χ0v) is 11.7. The number of aryl methyl sites for hydroxylation is 1. The largest absolute Gasteiger partial charge is 0.347 e. The first-order valence-corrected chi connectivity index (χ1v) is 6.60.